The van der Waals surface area contributed by atoms with E-state index in [1.807, 2.05) is 31.2 Å². The van der Waals surface area contributed by atoms with E-state index in [-0.39, 0.29) is 28.7 Å². The van der Waals surface area contributed by atoms with Crippen molar-refractivity contribution < 1.29 is 18.3 Å². The first kappa shape index (κ1) is 20.7. The third-order valence-electron chi connectivity index (χ3n) is 4.24. The minimum atomic E-state index is -3.94. The monoisotopic (exact) mass is 430 g/mol. The predicted molar refractivity (Wildman–Crippen MR) is 114 cm³/mol. The van der Waals surface area contributed by atoms with E-state index in [1.54, 1.807) is 18.2 Å². The Hall–Kier alpha value is -3.03. The molecular weight excluding hydrogens is 412 g/mol. The van der Waals surface area contributed by atoms with Crippen molar-refractivity contribution in [1.29, 1.82) is 0 Å². The molecule has 0 fully saturated rings. The molecule has 0 unspecified atom stereocenters. The summed E-state index contributed by atoms with van der Waals surface area (Å²) in [5.74, 6) is -0.600. The lowest BCUT2D eigenvalue weighted by Crippen LogP contribution is -2.17. The molecule has 6 nitrogen and oxygen atoms in total. The molecule has 3 aromatic rings. The second kappa shape index (κ2) is 8.55. The number of nitrogens with one attached hydrogen (secondary N) is 2. The van der Waals surface area contributed by atoms with Crippen LogP contribution >= 0.6 is 11.6 Å². The third-order valence-corrected chi connectivity index (χ3v) is 5.86. The van der Waals surface area contributed by atoms with Gasteiger partial charge in [0.1, 0.15) is 5.75 Å². The number of hydrogen-bond acceptors (Lipinski definition) is 4. The molecule has 0 saturated carbocycles. The van der Waals surface area contributed by atoms with Crippen LogP contribution in [0.5, 0.6) is 5.75 Å². The van der Waals surface area contributed by atoms with Gasteiger partial charge in [-0.25, -0.2) is 8.42 Å². The first-order valence-corrected chi connectivity index (χ1v) is 10.6. The molecule has 150 valence electrons. The topological polar surface area (TPSA) is 95.5 Å². The van der Waals surface area contributed by atoms with Gasteiger partial charge in [0.15, 0.2) is 0 Å². The molecule has 0 aliphatic rings. The molecule has 3 aromatic carbocycles. The maximum Gasteiger partial charge on any atom is 0.261 e. The summed E-state index contributed by atoms with van der Waals surface area (Å²) in [6.45, 7) is 1.90. The second-order valence-electron chi connectivity index (χ2n) is 6.45. The Morgan fingerprint density at radius 3 is 2.52 bits per heavy atom. The Balaban J connectivity index is 1.80. The van der Waals surface area contributed by atoms with Gasteiger partial charge >= 0.3 is 0 Å². The first-order valence-electron chi connectivity index (χ1n) is 8.70. The fourth-order valence-corrected chi connectivity index (χ4v) is 3.99. The van der Waals surface area contributed by atoms with E-state index in [0.29, 0.717) is 10.7 Å². The standard InChI is InChI=1S/C21H19ClN2O4S/c1-14-5-2-3-6-15(14)11-21(26)23-19-13-18(9-10-20(19)25)29(27,28)24-17-8-4-7-16(22)12-17/h2-10,12-13,24-25H,11H2,1H3,(H,23,26). The highest BCUT2D eigenvalue weighted by Gasteiger charge is 2.18. The molecule has 3 N–H and O–H groups in total. The Kier molecular flexibility index (Phi) is 6.10. The zero-order chi connectivity index (χ0) is 21.0. The van der Waals surface area contributed by atoms with Gasteiger partial charge in [-0.15, -0.1) is 0 Å². The average molecular weight is 431 g/mol. The lowest BCUT2D eigenvalue weighted by atomic mass is 10.1. The van der Waals surface area contributed by atoms with Crippen LogP contribution in [0.3, 0.4) is 0 Å². The van der Waals surface area contributed by atoms with Crippen LogP contribution in [-0.2, 0) is 21.2 Å². The minimum absolute atomic E-state index is 0.0116. The fourth-order valence-electron chi connectivity index (χ4n) is 2.72. The number of aromatic hydroxyl groups is 1. The molecule has 0 radical (unpaired) electrons. The Labute approximate surface area is 174 Å². The summed E-state index contributed by atoms with van der Waals surface area (Å²) in [6, 6.07) is 17.4. The molecule has 0 aliphatic heterocycles. The van der Waals surface area contributed by atoms with Gasteiger partial charge in [-0.05, 0) is 54.4 Å². The van der Waals surface area contributed by atoms with Gasteiger partial charge in [0, 0.05) is 5.02 Å². The van der Waals surface area contributed by atoms with E-state index in [9.17, 15) is 18.3 Å². The number of carbonyl (C=O) groups excluding carboxylic acids is 1. The van der Waals surface area contributed by atoms with Crippen LogP contribution in [0.2, 0.25) is 5.02 Å². The molecule has 0 bridgehead atoms. The van der Waals surface area contributed by atoms with Gasteiger partial charge in [0.2, 0.25) is 5.91 Å². The molecule has 0 heterocycles. The van der Waals surface area contributed by atoms with E-state index in [4.69, 9.17) is 11.6 Å². The molecule has 3 rings (SSSR count). The van der Waals surface area contributed by atoms with E-state index in [2.05, 4.69) is 10.0 Å². The van der Waals surface area contributed by atoms with Crippen LogP contribution in [0.25, 0.3) is 0 Å². The summed E-state index contributed by atoms with van der Waals surface area (Å²) in [5.41, 5.74) is 2.12. The molecule has 29 heavy (non-hydrogen) atoms. The number of phenolic OH excluding ortho intramolecular Hbond substituents is 1. The van der Waals surface area contributed by atoms with Crippen molar-refractivity contribution in [3.05, 3.63) is 82.9 Å². The van der Waals surface area contributed by atoms with Crippen LogP contribution in [0.15, 0.2) is 71.6 Å². The highest BCUT2D eigenvalue weighted by Crippen LogP contribution is 2.28. The molecule has 1 amide bonds. The third kappa shape index (κ3) is 5.28. The van der Waals surface area contributed by atoms with Crippen molar-refractivity contribution in [1.82, 2.24) is 0 Å². The van der Waals surface area contributed by atoms with E-state index < -0.39 is 10.0 Å². The van der Waals surface area contributed by atoms with Gasteiger partial charge in [0.05, 0.1) is 22.7 Å². The maximum atomic E-state index is 12.6. The molecule has 0 saturated heterocycles. The van der Waals surface area contributed by atoms with Crippen LogP contribution < -0.4 is 10.0 Å². The summed E-state index contributed by atoms with van der Waals surface area (Å²) < 4.78 is 27.7. The number of hydrogen-bond donors (Lipinski definition) is 3. The smallest absolute Gasteiger partial charge is 0.261 e. The van der Waals surface area contributed by atoms with E-state index in [0.717, 1.165) is 11.1 Å². The summed E-state index contributed by atoms with van der Waals surface area (Å²) >= 11 is 5.89. The normalized spacial score (nSPS) is 11.1. The summed E-state index contributed by atoms with van der Waals surface area (Å²) in [7, 11) is -3.94. The number of rotatable bonds is 6. The molecule has 0 aromatic heterocycles. The Morgan fingerprint density at radius 2 is 1.79 bits per heavy atom. The van der Waals surface area contributed by atoms with Gasteiger partial charge in [-0.2, -0.15) is 0 Å². The number of carbonyl (C=O) groups is 1. The number of anilines is 2. The van der Waals surface area contributed by atoms with Crippen molar-refractivity contribution >= 4 is 38.9 Å². The number of sulfonamides is 1. The van der Waals surface area contributed by atoms with E-state index >= 15 is 0 Å². The van der Waals surface area contributed by atoms with Gasteiger partial charge in [-0.1, -0.05) is 41.9 Å². The molecule has 0 spiro atoms. The fraction of sp³-hybridized carbons (Fsp3) is 0.0952. The summed E-state index contributed by atoms with van der Waals surface area (Å²) in [5, 5.41) is 13.0. The maximum absolute atomic E-state index is 12.6. The van der Waals surface area contributed by atoms with Crippen molar-refractivity contribution in [3.8, 4) is 5.75 Å². The van der Waals surface area contributed by atoms with Crippen LogP contribution in [0, 0.1) is 6.92 Å². The quantitative estimate of drug-likeness (QED) is 0.507. The number of aryl methyl sites for hydroxylation is 1. The largest absolute Gasteiger partial charge is 0.506 e. The van der Waals surface area contributed by atoms with Crippen molar-refractivity contribution in [2.45, 2.75) is 18.2 Å². The molecule has 0 aliphatic carbocycles. The number of halogens is 1. The van der Waals surface area contributed by atoms with Crippen LogP contribution in [-0.4, -0.2) is 19.4 Å². The van der Waals surface area contributed by atoms with Gasteiger partial charge in [-0.3, -0.25) is 9.52 Å². The summed E-state index contributed by atoms with van der Waals surface area (Å²) in [4.78, 5) is 12.3. The van der Waals surface area contributed by atoms with Crippen molar-refractivity contribution in [3.63, 3.8) is 0 Å². The lowest BCUT2D eigenvalue weighted by Gasteiger charge is -2.12. The number of amides is 1. The Morgan fingerprint density at radius 1 is 1.03 bits per heavy atom. The Bertz CT molecular complexity index is 1160. The predicted octanol–water partition coefficient (Wildman–Crippen LogP) is 4.34. The van der Waals surface area contributed by atoms with Crippen molar-refractivity contribution in [2.75, 3.05) is 10.0 Å². The van der Waals surface area contributed by atoms with Gasteiger partial charge in [0.25, 0.3) is 10.0 Å². The van der Waals surface area contributed by atoms with Crippen molar-refractivity contribution in [2.24, 2.45) is 0 Å². The molecular formula is C21H19ClN2O4S. The first-order chi connectivity index (χ1) is 13.7. The van der Waals surface area contributed by atoms with Crippen LogP contribution in [0.1, 0.15) is 11.1 Å². The van der Waals surface area contributed by atoms with Crippen LogP contribution in [0.4, 0.5) is 11.4 Å². The molecule has 8 heteroatoms. The minimum Gasteiger partial charge on any atom is -0.506 e. The average Bonchev–Trinajstić information content (AvgIpc) is 2.65. The second-order valence-corrected chi connectivity index (χ2v) is 8.57. The van der Waals surface area contributed by atoms with E-state index in [1.165, 1.54) is 24.3 Å². The summed E-state index contributed by atoms with van der Waals surface area (Å²) in [6.07, 6.45) is 0.101. The zero-order valence-corrected chi connectivity index (χ0v) is 17.1. The number of phenols is 1. The number of benzene rings is 3. The lowest BCUT2D eigenvalue weighted by molar-refractivity contribution is -0.115. The highest BCUT2D eigenvalue weighted by molar-refractivity contribution is 7.92. The zero-order valence-electron chi connectivity index (χ0n) is 15.5. The highest BCUT2D eigenvalue weighted by atomic mass is 35.5. The SMILES string of the molecule is Cc1ccccc1CC(=O)Nc1cc(S(=O)(=O)Nc2cccc(Cl)c2)ccc1O. The molecule has 0 atom stereocenters. The van der Waals surface area contributed by atoms with Gasteiger partial charge < -0.3 is 10.4 Å².